The topological polar surface area (TPSA) is 0 Å². The Morgan fingerprint density at radius 1 is 1.00 bits per heavy atom. The number of rotatable bonds is 0. The SMILES string of the molecule is [B]S.[CH2-]C.[CH2-]C.[Y]. The average molecular weight is 191 g/mol. The Morgan fingerprint density at radius 3 is 1.00 bits per heavy atom. The summed E-state index contributed by atoms with van der Waals surface area (Å²) in [6, 6.07) is 0. The Labute approximate surface area is 79.4 Å². The molecule has 41 valence electrons. The molecule has 0 aromatic rings. The van der Waals surface area contributed by atoms with Crippen molar-refractivity contribution in [2.45, 2.75) is 13.8 Å². The molecule has 0 saturated heterocycles. The molecule has 0 rings (SSSR count). The third-order valence-electron chi connectivity index (χ3n) is 0. The Kier molecular flexibility index (Phi) is 467. The zero-order chi connectivity index (χ0) is 6.00. The molecule has 0 spiro atoms. The van der Waals surface area contributed by atoms with Crippen LogP contribution in [0.1, 0.15) is 13.8 Å². The van der Waals surface area contributed by atoms with Crippen molar-refractivity contribution >= 4 is 19.6 Å². The van der Waals surface area contributed by atoms with Gasteiger partial charge in [0.15, 0.2) is 7.12 Å². The molecule has 0 aromatic heterocycles. The van der Waals surface area contributed by atoms with Gasteiger partial charge >= 0.3 is 0 Å². The summed E-state index contributed by atoms with van der Waals surface area (Å²) in [6.45, 7) is 10.0. The standard InChI is InChI=1S/2C2H5.BHS.Y/c3*1-2;/h2*1H2,2H3;2H;/q2*-1;;. The van der Waals surface area contributed by atoms with Crippen molar-refractivity contribution in [1.29, 1.82) is 0 Å². The van der Waals surface area contributed by atoms with Crippen LogP contribution in [0.5, 0.6) is 0 Å². The van der Waals surface area contributed by atoms with E-state index in [4.69, 9.17) is 0 Å². The molecule has 0 aromatic carbocycles. The van der Waals surface area contributed by atoms with Gasteiger partial charge in [-0.25, -0.2) is 12.5 Å². The molecule has 0 atom stereocenters. The van der Waals surface area contributed by atoms with E-state index in [2.05, 4.69) is 33.5 Å². The van der Waals surface area contributed by atoms with Crippen LogP contribution in [0.2, 0.25) is 0 Å². The van der Waals surface area contributed by atoms with Gasteiger partial charge in [-0.1, -0.05) is 0 Å². The molecule has 7 heavy (non-hydrogen) atoms. The first kappa shape index (κ1) is 23.6. The smallest absolute Gasteiger partial charge is 0.156 e. The minimum atomic E-state index is 0. The monoisotopic (exact) mass is 191 g/mol. The molecule has 0 amide bonds. The van der Waals surface area contributed by atoms with E-state index in [0.29, 0.717) is 0 Å². The van der Waals surface area contributed by atoms with Crippen LogP contribution < -0.4 is 0 Å². The predicted molar refractivity (Wildman–Crippen MR) is 36.8 cm³/mol. The summed E-state index contributed by atoms with van der Waals surface area (Å²) < 4.78 is 0. The van der Waals surface area contributed by atoms with E-state index in [1.165, 1.54) is 0 Å². The summed E-state index contributed by atoms with van der Waals surface area (Å²) in [5.74, 6) is 0. The average Bonchev–Trinajstić information content (AvgIpc) is 1.81. The molecule has 0 heterocycles. The van der Waals surface area contributed by atoms with Crippen LogP contribution in [0.15, 0.2) is 0 Å². The Morgan fingerprint density at radius 2 is 1.00 bits per heavy atom. The summed E-state index contributed by atoms with van der Waals surface area (Å²) in [4.78, 5) is 0. The van der Waals surface area contributed by atoms with Crippen LogP contribution in [0.3, 0.4) is 0 Å². The van der Waals surface area contributed by atoms with E-state index >= 15 is 0 Å². The minimum absolute atomic E-state index is 0. The summed E-state index contributed by atoms with van der Waals surface area (Å²) >= 11 is 3.03. The molecule has 0 N–H and O–H groups in total. The molecular weight excluding hydrogens is 180 g/mol. The van der Waals surface area contributed by atoms with Gasteiger partial charge in [0.05, 0.1) is 0 Å². The van der Waals surface area contributed by atoms with E-state index in [0.717, 1.165) is 0 Å². The molecule has 0 aliphatic carbocycles. The fourth-order valence-corrected chi connectivity index (χ4v) is 0. The quantitative estimate of drug-likeness (QED) is 0.336. The molecule has 0 unspecified atom stereocenters. The van der Waals surface area contributed by atoms with Crippen LogP contribution in [-0.2, 0) is 32.7 Å². The molecule has 0 aliphatic rings. The summed E-state index contributed by atoms with van der Waals surface area (Å²) in [7, 11) is 4.19. The summed E-state index contributed by atoms with van der Waals surface area (Å²) in [6.07, 6.45) is 0. The Hall–Kier alpha value is 1.52. The summed E-state index contributed by atoms with van der Waals surface area (Å²) in [5.41, 5.74) is 0. The fraction of sp³-hybridized carbons (Fsp3) is 0.500. The number of thiol groups is 1. The van der Waals surface area contributed by atoms with E-state index in [9.17, 15) is 0 Å². The van der Waals surface area contributed by atoms with Gasteiger partial charge in [-0.3, -0.25) is 0 Å². The van der Waals surface area contributed by atoms with Gasteiger partial charge < -0.3 is 13.8 Å². The second-order valence-corrected chi connectivity index (χ2v) is 0. The molecule has 0 saturated carbocycles. The van der Waals surface area contributed by atoms with Crippen molar-refractivity contribution in [2.75, 3.05) is 0 Å². The molecular formula is C4H11BSY-2. The second-order valence-electron chi connectivity index (χ2n) is 0. The first-order valence-corrected chi connectivity index (χ1v) is 2.19. The van der Waals surface area contributed by atoms with Crippen LogP contribution in [0.4, 0.5) is 0 Å². The number of hydrogen-bond donors (Lipinski definition) is 1. The zero-order valence-electron chi connectivity index (χ0n) is 5.02. The maximum Gasteiger partial charge on any atom is 0.156 e. The van der Waals surface area contributed by atoms with E-state index in [1.54, 1.807) is 13.8 Å². The molecule has 3 heteroatoms. The molecule has 0 aliphatic heterocycles. The number of hydrogen-bond acceptors (Lipinski definition) is 1. The molecule has 0 nitrogen and oxygen atoms in total. The molecule has 0 bridgehead atoms. The first-order valence-electron chi connectivity index (χ1n) is 1.67. The maximum atomic E-state index is 4.19. The Balaban J connectivity index is -0.00000000900. The van der Waals surface area contributed by atoms with Crippen molar-refractivity contribution in [2.24, 2.45) is 0 Å². The van der Waals surface area contributed by atoms with Crippen molar-refractivity contribution in [3.05, 3.63) is 13.8 Å². The van der Waals surface area contributed by atoms with Crippen LogP contribution in [-0.4, -0.2) is 7.12 Å². The van der Waals surface area contributed by atoms with Crippen LogP contribution in [0, 0.1) is 13.8 Å². The molecule has 3 radical (unpaired) electrons. The van der Waals surface area contributed by atoms with Gasteiger partial charge in [0.2, 0.25) is 0 Å². The third kappa shape index (κ3) is 99.3. The fourth-order valence-electron chi connectivity index (χ4n) is 0. The van der Waals surface area contributed by atoms with Gasteiger partial charge in [0.1, 0.15) is 0 Å². The van der Waals surface area contributed by atoms with Crippen LogP contribution in [0.25, 0.3) is 0 Å². The maximum absolute atomic E-state index is 4.19. The second kappa shape index (κ2) is 139. The normalized spacial score (nSPS) is 2.43. The van der Waals surface area contributed by atoms with E-state index in [1.807, 2.05) is 0 Å². The largest absolute Gasteiger partial charge is 0.346 e. The van der Waals surface area contributed by atoms with Gasteiger partial charge in [0, 0.05) is 32.7 Å². The van der Waals surface area contributed by atoms with Gasteiger partial charge in [0.25, 0.3) is 0 Å². The Bertz CT molecular complexity index is 11.7. The zero-order valence-corrected chi connectivity index (χ0v) is 8.75. The molecule has 0 fully saturated rings. The van der Waals surface area contributed by atoms with Gasteiger partial charge in [-0.05, 0) is 0 Å². The first-order chi connectivity index (χ1) is 3.00. The van der Waals surface area contributed by atoms with Crippen molar-refractivity contribution < 1.29 is 32.7 Å². The minimum Gasteiger partial charge on any atom is -0.346 e. The van der Waals surface area contributed by atoms with Crippen molar-refractivity contribution in [3.8, 4) is 0 Å². The van der Waals surface area contributed by atoms with Crippen molar-refractivity contribution in [3.63, 3.8) is 0 Å². The van der Waals surface area contributed by atoms with E-state index in [-0.39, 0.29) is 32.7 Å². The third-order valence-corrected chi connectivity index (χ3v) is 0. The van der Waals surface area contributed by atoms with Gasteiger partial charge in [-0.15, -0.1) is 0 Å². The van der Waals surface area contributed by atoms with Crippen molar-refractivity contribution in [1.82, 2.24) is 0 Å². The predicted octanol–water partition coefficient (Wildman–Crippen LogP) is 1.68. The van der Waals surface area contributed by atoms with Crippen LogP contribution >= 0.6 is 12.5 Å². The summed E-state index contributed by atoms with van der Waals surface area (Å²) in [5, 5.41) is 0. The van der Waals surface area contributed by atoms with Gasteiger partial charge in [-0.2, -0.15) is 13.8 Å². The van der Waals surface area contributed by atoms with E-state index < -0.39 is 0 Å².